The molecule has 8 nitrogen and oxygen atoms in total. The second-order valence-electron chi connectivity index (χ2n) is 9.25. The fraction of sp³-hybridized carbons (Fsp3) is 0.240. The lowest BCUT2D eigenvalue weighted by Crippen LogP contribution is -2.22. The Kier molecular flexibility index (Phi) is 6.94. The molecule has 34 heavy (non-hydrogen) atoms. The molecule has 2 aromatic carbocycles. The van der Waals surface area contributed by atoms with Crippen molar-refractivity contribution in [2.45, 2.75) is 32.4 Å². The van der Waals surface area contributed by atoms with Crippen LogP contribution in [0.1, 0.15) is 16.1 Å². The number of rotatable bonds is 10. The van der Waals surface area contributed by atoms with Crippen molar-refractivity contribution in [1.29, 1.82) is 0 Å². The fourth-order valence-electron chi connectivity index (χ4n) is 3.46. The van der Waals surface area contributed by atoms with Crippen LogP contribution in [0.4, 0.5) is 11.4 Å². The molecular formula is C25H29N5O3Si. The van der Waals surface area contributed by atoms with E-state index in [0.29, 0.717) is 19.0 Å². The zero-order chi connectivity index (χ0) is 24.1. The fourth-order valence-corrected chi connectivity index (χ4v) is 4.22. The van der Waals surface area contributed by atoms with Gasteiger partial charge in [0.2, 0.25) is 0 Å². The molecule has 0 bridgehead atoms. The summed E-state index contributed by atoms with van der Waals surface area (Å²) in [5, 5.41) is 22.8. The van der Waals surface area contributed by atoms with Gasteiger partial charge in [-0.05, 0) is 48.5 Å². The quantitative estimate of drug-likeness (QED) is 0.180. The van der Waals surface area contributed by atoms with Crippen LogP contribution < -0.4 is 5.32 Å². The third kappa shape index (κ3) is 5.80. The lowest BCUT2D eigenvalue weighted by atomic mass is 10.1. The van der Waals surface area contributed by atoms with Crippen LogP contribution in [-0.4, -0.2) is 46.4 Å². The summed E-state index contributed by atoms with van der Waals surface area (Å²) in [6.07, 6.45) is 5.45. The number of carboxylic acid groups (broad SMARTS) is 1. The minimum Gasteiger partial charge on any atom is -0.478 e. The smallest absolute Gasteiger partial charge is 0.337 e. The minimum absolute atomic E-state index is 0.213. The number of nitrogens with zero attached hydrogens (tertiary/aromatic N) is 4. The summed E-state index contributed by atoms with van der Waals surface area (Å²) < 4.78 is 9.50. The highest BCUT2D eigenvalue weighted by atomic mass is 28.3. The van der Waals surface area contributed by atoms with Crippen LogP contribution in [0.2, 0.25) is 25.7 Å². The summed E-state index contributed by atoms with van der Waals surface area (Å²) >= 11 is 0. The molecule has 4 aromatic rings. The van der Waals surface area contributed by atoms with Gasteiger partial charge in [-0.25, -0.2) is 14.2 Å². The van der Waals surface area contributed by atoms with Gasteiger partial charge in [0.05, 0.1) is 23.0 Å². The molecule has 0 aliphatic carbocycles. The van der Waals surface area contributed by atoms with Crippen LogP contribution in [0.3, 0.4) is 0 Å². The van der Waals surface area contributed by atoms with Gasteiger partial charge in [0.15, 0.2) is 0 Å². The minimum atomic E-state index is -1.19. The summed E-state index contributed by atoms with van der Waals surface area (Å²) in [5.41, 5.74) is 3.11. The van der Waals surface area contributed by atoms with E-state index in [1.54, 1.807) is 35.2 Å². The van der Waals surface area contributed by atoms with Crippen molar-refractivity contribution >= 4 is 42.5 Å². The van der Waals surface area contributed by atoms with E-state index in [4.69, 9.17) is 9.84 Å². The van der Waals surface area contributed by atoms with Gasteiger partial charge in [-0.3, -0.25) is 0 Å². The highest BCUT2D eigenvalue weighted by Crippen LogP contribution is 2.26. The zero-order valence-corrected chi connectivity index (χ0v) is 20.6. The lowest BCUT2D eigenvalue weighted by Gasteiger charge is -2.15. The van der Waals surface area contributed by atoms with Gasteiger partial charge in [0.25, 0.3) is 0 Å². The predicted octanol–water partition coefficient (Wildman–Crippen LogP) is 5.47. The number of carbonyl (C=O) groups is 1. The molecule has 0 atom stereocenters. The summed E-state index contributed by atoms with van der Waals surface area (Å²) in [6.45, 7) is 7.98. The Morgan fingerprint density at radius 3 is 2.65 bits per heavy atom. The van der Waals surface area contributed by atoms with Crippen LogP contribution in [0.5, 0.6) is 0 Å². The van der Waals surface area contributed by atoms with Crippen molar-refractivity contribution < 1.29 is 14.6 Å². The topological polar surface area (TPSA) is 93.7 Å². The Hall–Kier alpha value is -3.69. The predicted molar refractivity (Wildman–Crippen MR) is 138 cm³/mol. The monoisotopic (exact) mass is 475 g/mol. The van der Waals surface area contributed by atoms with Gasteiger partial charge in [-0.2, -0.15) is 10.2 Å². The van der Waals surface area contributed by atoms with Crippen LogP contribution in [-0.2, 0) is 11.5 Å². The van der Waals surface area contributed by atoms with Crippen molar-refractivity contribution in [1.82, 2.24) is 14.5 Å². The third-order valence-corrected chi connectivity index (χ3v) is 7.03. The Morgan fingerprint density at radius 2 is 1.91 bits per heavy atom. The number of ether oxygens (including phenoxy) is 1. The second-order valence-corrected chi connectivity index (χ2v) is 14.9. The first kappa shape index (κ1) is 23.5. The number of benzene rings is 2. The normalized spacial score (nSPS) is 12.0. The molecule has 0 amide bonds. The first-order valence-corrected chi connectivity index (χ1v) is 14.9. The molecule has 0 saturated carbocycles. The molecule has 2 heterocycles. The highest BCUT2D eigenvalue weighted by molar-refractivity contribution is 6.76. The first-order chi connectivity index (χ1) is 16.3. The molecule has 2 N–H and O–H groups in total. The molecule has 0 radical (unpaired) electrons. The van der Waals surface area contributed by atoms with Crippen molar-refractivity contribution in [3.05, 3.63) is 78.2 Å². The maximum Gasteiger partial charge on any atom is 0.337 e. The Labute approximate surface area is 199 Å². The number of carboxylic acids is 1. The molecule has 2 aromatic heterocycles. The van der Waals surface area contributed by atoms with E-state index in [9.17, 15) is 9.90 Å². The number of aromatic nitrogens is 3. The number of nitrogens with one attached hydrogen (secondary N) is 1. The molecule has 0 aliphatic heterocycles. The Bertz CT molecular complexity index is 1310. The number of hydrogen-bond acceptors (Lipinski definition) is 5. The molecule has 0 aliphatic rings. The molecule has 176 valence electrons. The summed E-state index contributed by atoms with van der Waals surface area (Å²) in [7, 11) is -1.19. The van der Waals surface area contributed by atoms with Crippen molar-refractivity contribution in [2.24, 2.45) is 5.10 Å². The van der Waals surface area contributed by atoms with Crippen molar-refractivity contribution in [2.75, 3.05) is 11.9 Å². The molecule has 0 saturated heterocycles. The highest BCUT2D eigenvalue weighted by Gasteiger charge is 2.15. The number of fused-ring (bicyclic) bond motifs is 1. The number of anilines is 2. The van der Waals surface area contributed by atoms with Gasteiger partial charge in [-0.1, -0.05) is 31.8 Å². The average molecular weight is 476 g/mol. The molecule has 9 heteroatoms. The van der Waals surface area contributed by atoms with Gasteiger partial charge < -0.3 is 15.2 Å². The Morgan fingerprint density at radius 1 is 1.15 bits per heavy atom. The maximum absolute atomic E-state index is 11.6. The Balaban J connectivity index is 1.64. The van der Waals surface area contributed by atoms with Gasteiger partial charge in [-0.15, -0.1) is 0 Å². The van der Waals surface area contributed by atoms with E-state index in [0.717, 1.165) is 28.3 Å². The van der Waals surface area contributed by atoms with Crippen molar-refractivity contribution in [3.8, 4) is 0 Å². The van der Waals surface area contributed by atoms with E-state index in [1.807, 2.05) is 47.4 Å². The standard InChI is InChI=1S/C25H29N5O3Si/c1-34(2,3)15-14-33-18-30-24-16-19(27-22-9-5-4-8-21(22)25(31)32)10-11-20(24)23(28-30)17-26-29-12-6-7-13-29/h4-13,16-17,27H,14-15,18H2,1-3H3,(H,31,32). The first-order valence-electron chi connectivity index (χ1n) is 11.2. The summed E-state index contributed by atoms with van der Waals surface area (Å²) in [4.78, 5) is 11.6. The van der Waals surface area contributed by atoms with Crippen LogP contribution in [0.15, 0.2) is 72.1 Å². The van der Waals surface area contributed by atoms with Gasteiger partial charge in [0.1, 0.15) is 12.4 Å². The van der Waals surface area contributed by atoms with E-state index in [1.165, 1.54) is 0 Å². The van der Waals surface area contributed by atoms with Crippen LogP contribution in [0, 0.1) is 0 Å². The van der Waals surface area contributed by atoms with Gasteiger partial charge >= 0.3 is 5.97 Å². The van der Waals surface area contributed by atoms with E-state index >= 15 is 0 Å². The second kappa shape index (κ2) is 10.1. The summed E-state index contributed by atoms with van der Waals surface area (Å²) in [5.74, 6) is -0.978. The van der Waals surface area contributed by atoms with Crippen molar-refractivity contribution in [3.63, 3.8) is 0 Å². The number of para-hydroxylation sites is 1. The van der Waals surface area contributed by atoms with E-state index in [-0.39, 0.29) is 5.56 Å². The molecule has 4 rings (SSSR count). The van der Waals surface area contributed by atoms with Crippen LogP contribution in [0.25, 0.3) is 10.9 Å². The zero-order valence-electron chi connectivity index (χ0n) is 19.6. The molecule has 0 fully saturated rings. The largest absolute Gasteiger partial charge is 0.478 e. The molecular weight excluding hydrogens is 446 g/mol. The molecule has 0 spiro atoms. The third-order valence-electron chi connectivity index (χ3n) is 5.33. The number of hydrogen-bond donors (Lipinski definition) is 2. The van der Waals surface area contributed by atoms with E-state index in [2.05, 4.69) is 30.1 Å². The summed E-state index contributed by atoms with van der Waals surface area (Å²) in [6, 6.07) is 17.6. The lowest BCUT2D eigenvalue weighted by molar-refractivity contribution is 0.0698. The van der Waals surface area contributed by atoms with Gasteiger partial charge in [0, 0.05) is 38.1 Å². The SMILES string of the molecule is C[Si](C)(C)CCOCn1nc(C=Nn2cccc2)c2ccc(Nc3ccccc3C(=O)O)cc21. The molecule has 0 unspecified atom stereocenters. The average Bonchev–Trinajstić information content (AvgIpc) is 3.43. The maximum atomic E-state index is 11.6. The van der Waals surface area contributed by atoms with E-state index < -0.39 is 14.0 Å². The number of aromatic carboxylic acids is 1. The van der Waals surface area contributed by atoms with Crippen LogP contribution >= 0.6 is 0 Å².